The van der Waals surface area contributed by atoms with Crippen molar-refractivity contribution in [3.05, 3.63) is 89.8 Å². The molecule has 6 heteroatoms. The Morgan fingerprint density at radius 3 is 2.38 bits per heavy atom. The van der Waals surface area contributed by atoms with Crippen LogP contribution in [0.3, 0.4) is 0 Å². The van der Waals surface area contributed by atoms with Crippen molar-refractivity contribution in [1.29, 1.82) is 0 Å². The fourth-order valence-electron chi connectivity index (χ4n) is 2.98. The summed E-state index contributed by atoms with van der Waals surface area (Å²) in [6.45, 7) is 8.00. The first kappa shape index (κ1) is 20.1. The molecule has 0 aliphatic heterocycles. The molecule has 0 saturated heterocycles. The second kappa shape index (κ2) is 9.01. The number of rotatable bonds is 7. The van der Waals surface area contributed by atoms with E-state index < -0.39 is 0 Å². The summed E-state index contributed by atoms with van der Waals surface area (Å²) >= 11 is 0. The van der Waals surface area contributed by atoms with Crippen LogP contribution in [0.15, 0.2) is 67.4 Å². The van der Waals surface area contributed by atoms with Crippen molar-refractivity contribution in [3.8, 4) is 5.69 Å². The van der Waals surface area contributed by atoms with Crippen LogP contribution in [-0.4, -0.2) is 28.1 Å². The van der Waals surface area contributed by atoms with Gasteiger partial charge in [-0.3, -0.25) is 9.59 Å². The molecule has 0 fully saturated rings. The zero-order valence-electron chi connectivity index (χ0n) is 16.6. The predicted molar refractivity (Wildman–Crippen MR) is 115 cm³/mol. The summed E-state index contributed by atoms with van der Waals surface area (Å²) < 4.78 is 1.79. The molecule has 0 unspecified atom stereocenters. The van der Waals surface area contributed by atoms with Crippen LogP contribution in [0, 0.1) is 6.92 Å². The number of benzene rings is 2. The van der Waals surface area contributed by atoms with Crippen LogP contribution >= 0.6 is 0 Å². The molecule has 1 aromatic heterocycles. The molecule has 0 aliphatic carbocycles. The normalized spacial score (nSPS) is 10.4. The molecule has 0 bridgehead atoms. The summed E-state index contributed by atoms with van der Waals surface area (Å²) in [7, 11) is 0. The number of anilines is 1. The largest absolute Gasteiger partial charge is 0.349 e. The minimum atomic E-state index is -0.232. The summed E-state index contributed by atoms with van der Waals surface area (Å²) in [5.74, 6) is -0.417. The quantitative estimate of drug-likeness (QED) is 0.603. The Bertz CT molecular complexity index is 1020. The van der Waals surface area contributed by atoms with E-state index >= 15 is 0 Å². The minimum absolute atomic E-state index is 0.185. The monoisotopic (exact) mass is 388 g/mol. The smallest absolute Gasteiger partial charge is 0.259 e. The van der Waals surface area contributed by atoms with E-state index in [4.69, 9.17) is 0 Å². The lowest BCUT2D eigenvalue weighted by atomic mass is 10.1. The van der Waals surface area contributed by atoms with Crippen LogP contribution in [0.2, 0.25) is 0 Å². The number of hydrogen-bond acceptors (Lipinski definition) is 3. The molecule has 1 heterocycles. The zero-order valence-corrected chi connectivity index (χ0v) is 16.6. The number of carbonyl (C=O) groups excluding carboxylic acids is 2. The van der Waals surface area contributed by atoms with Crippen molar-refractivity contribution >= 4 is 17.5 Å². The van der Waals surface area contributed by atoms with Crippen LogP contribution in [0.1, 0.15) is 38.9 Å². The third kappa shape index (κ3) is 4.60. The van der Waals surface area contributed by atoms with Crippen molar-refractivity contribution < 1.29 is 9.59 Å². The van der Waals surface area contributed by atoms with Gasteiger partial charge in [0.15, 0.2) is 0 Å². The van der Waals surface area contributed by atoms with Gasteiger partial charge in [0, 0.05) is 17.8 Å². The minimum Gasteiger partial charge on any atom is -0.349 e. The second-order valence-electron chi connectivity index (χ2n) is 6.64. The van der Waals surface area contributed by atoms with E-state index in [1.807, 2.05) is 38.1 Å². The molecule has 0 saturated carbocycles. The number of carbonyl (C=O) groups is 2. The standard InChI is InChI=1S/C23H24N4O2/c1-4-14-24-22(28)17-8-10-18(11-9-17)26-23(29)20-15-25-27(21(20)5-2)19-12-6-16(3)7-13-19/h4,6-13,15H,1,5,14H2,2-3H3,(H,24,28)(H,26,29). The SMILES string of the molecule is C=CCNC(=O)c1ccc(NC(=O)c2cnn(-c3ccc(C)cc3)c2CC)cc1. The molecule has 0 radical (unpaired) electrons. The summed E-state index contributed by atoms with van der Waals surface area (Å²) in [6.07, 6.45) is 3.87. The first-order valence-electron chi connectivity index (χ1n) is 9.48. The average molecular weight is 388 g/mol. The Morgan fingerprint density at radius 2 is 1.76 bits per heavy atom. The van der Waals surface area contributed by atoms with Gasteiger partial charge in [-0.25, -0.2) is 4.68 Å². The Kier molecular flexibility index (Phi) is 6.24. The lowest BCUT2D eigenvalue weighted by Gasteiger charge is -2.09. The number of nitrogens with one attached hydrogen (secondary N) is 2. The fourth-order valence-corrected chi connectivity index (χ4v) is 2.98. The highest BCUT2D eigenvalue weighted by molar-refractivity contribution is 6.05. The fraction of sp³-hybridized carbons (Fsp3) is 0.174. The summed E-state index contributed by atoms with van der Waals surface area (Å²) in [6, 6.07) is 14.8. The van der Waals surface area contributed by atoms with E-state index in [1.165, 1.54) is 5.56 Å². The molecule has 6 nitrogen and oxygen atoms in total. The van der Waals surface area contributed by atoms with E-state index in [0.29, 0.717) is 29.8 Å². The van der Waals surface area contributed by atoms with E-state index in [9.17, 15) is 9.59 Å². The van der Waals surface area contributed by atoms with Gasteiger partial charge in [-0.15, -0.1) is 6.58 Å². The molecule has 148 valence electrons. The third-order valence-electron chi connectivity index (χ3n) is 4.54. The molecular weight excluding hydrogens is 364 g/mol. The maximum absolute atomic E-state index is 12.8. The summed E-state index contributed by atoms with van der Waals surface area (Å²) in [4.78, 5) is 24.7. The summed E-state index contributed by atoms with van der Waals surface area (Å²) in [5.41, 5.74) is 4.58. The van der Waals surface area contributed by atoms with Crippen LogP contribution in [0.25, 0.3) is 5.69 Å². The van der Waals surface area contributed by atoms with Crippen molar-refractivity contribution in [2.24, 2.45) is 0 Å². The average Bonchev–Trinajstić information content (AvgIpc) is 3.17. The Morgan fingerprint density at radius 1 is 1.07 bits per heavy atom. The molecule has 3 aromatic rings. The number of aromatic nitrogens is 2. The molecular formula is C23H24N4O2. The lowest BCUT2D eigenvalue weighted by Crippen LogP contribution is -2.23. The Balaban J connectivity index is 1.76. The van der Waals surface area contributed by atoms with Gasteiger partial charge in [0.25, 0.3) is 11.8 Å². The van der Waals surface area contributed by atoms with Crippen LogP contribution < -0.4 is 10.6 Å². The van der Waals surface area contributed by atoms with E-state index in [1.54, 1.807) is 41.2 Å². The van der Waals surface area contributed by atoms with Gasteiger partial charge in [-0.2, -0.15) is 5.10 Å². The van der Waals surface area contributed by atoms with Crippen LogP contribution in [0.4, 0.5) is 5.69 Å². The molecule has 0 aliphatic rings. The third-order valence-corrected chi connectivity index (χ3v) is 4.54. The van der Waals surface area contributed by atoms with Gasteiger partial charge in [0.2, 0.25) is 0 Å². The van der Waals surface area contributed by atoms with E-state index in [-0.39, 0.29) is 11.8 Å². The topological polar surface area (TPSA) is 76.0 Å². The van der Waals surface area contributed by atoms with Gasteiger partial charge >= 0.3 is 0 Å². The number of aryl methyl sites for hydroxylation is 1. The zero-order chi connectivity index (χ0) is 20.8. The van der Waals surface area contributed by atoms with Gasteiger partial charge in [-0.1, -0.05) is 30.7 Å². The van der Waals surface area contributed by atoms with Crippen molar-refractivity contribution in [3.63, 3.8) is 0 Å². The van der Waals surface area contributed by atoms with Crippen molar-refractivity contribution in [2.45, 2.75) is 20.3 Å². The molecule has 0 atom stereocenters. The highest BCUT2D eigenvalue weighted by atomic mass is 16.2. The molecule has 29 heavy (non-hydrogen) atoms. The number of amides is 2. The maximum atomic E-state index is 12.8. The molecule has 3 rings (SSSR count). The molecule has 0 spiro atoms. The van der Waals surface area contributed by atoms with Crippen molar-refractivity contribution in [2.75, 3.05) is 11.9 Å². The Hall–Kier alpha value is -3.67. The van der Waals surface area contributed by atoms with Crippen molar-refractivity contribution in [1.82, 2.24) is 15.1 Å². The lowest BCUT2D eigenvalue weighted by molar-refractivity contribution is 0.0957. The van der Waals surface area contributed by atoms with Gasteiger partial charge in [0.1, 0.15) is 0 Å². The first-order valence-corrected chi connectivity index (χ1v) is 9.48. The molecule has 2 aromatic carbocycles. The highest BCUT2D eigenvalue weighted by Crippen LogP contribution is 2.18. The number of nitrogens with zero attached hydrogens (tertiary/aromatic N) is 2. The first-order chi connectivity index (χ1) is 14.0. The van der Waals surface area contributed by atoms with E-state index in [0.717, 1.165) is 11.4 Å². The number of hydrogen-bond donors (Lipinski definition) is 2. The molecule has 2 amide bonds. The van der Waals surface area contributed by atoms with Gasteiger partial charge < -0.3 is 10.6 Å². The predicted octanol–water partition coefficient (Wildman–Crippen LogP) is 3.91. The Labute approximate surface area is 170 Å². The highest BCUT2D eigenvalue weighted by Gasteiger charge is 2.17. The van der Waals surface area contributed by atoms with Gasteiger partial charge in [-0.05, 0) is 49.7 Å². The maximum Gasteiger partial charge on any atom is 0.259 e. The molecule has 2 N–H and O–H groups in total. The van der Waals surface area contributed by atoms with Crippen LogP contribution in [-0.2, 0) is 6.42 Å². The second-order valence-corrected chi connectivity index (χ2v) is 6.64. The van der Waals surface area contributed by atoms with Gasteiger partial charge in [0.05, 0.1) is 23.1 Å². The summed E-state index contributed by atoms with van der Waals surface area (Å²) in [5, 5.41) is 10.0. The van der Waals surface area contributed by atoms with Crippen LogP contribution in [0.5, 0.6) is 0 Å². The van der Waals surface area contributed by atoms with E-state index in [2.05, 4.69) is 22.3 Å².